The lowest BCUT2D eigenvalue weighted by Crippen LogP contribution is -1.83. The van der Waals surface area contributed by atoms with E-state index in [2.05, 4.69) is 46.4 Å². The van der Waals surface area contributed by atoms with E-state index in [1.54, 1.807) is 30.2 Å². The molecule has 1 nitrogen and oxygen atoms in total. The van der Waals surface area contributed by atoms with Crippen molar-refractivity contribution in [2.45, 2.75) is 4.90 Å². The van der Waals surface area contributed by atoms with Crippen molar-refractivity contribution >= 4 is 55.8 Å². The molecular weight excluding hydrogens is 327 g/mol. The van der Waals surface area contributed by atoms with Crippen molar-refractivity contribution < 1.29 is 4.74 Å². The van der Waals surface area contributed by atoms with Gasteiger partial charge < -0.3 is 4.74 Å². The van der Waals surface area contributed by atoms with Crippen molar-refractivity contribution in [1.82, 2.24) is 0 Å². The maximum Gasteiger partial charge on any atom is 0.121 e. The van der Waals surface area contributed by atoms with Crippen LogP contribution in [-0.4, -0.2) is 13.4 Å². The number of fused-ring (bicyclic) bond motifs is 1. The zero-order valence-electron chi connectivity index (χ0n) is 7.83. The number of hydrogen-bond donors (Lipinski definition) is 0. The van der Waals surface area contributed by atoms with Gasteiger partial charge in [0.05, 0.1) is 7.11 Å². The molecule has 0 unspecified atom stereocenters. The van der Waals surface area contributed by atoms with E-state index in [1.807, 2.05) is 0 Å². The maximum absolute atomic E-state index is 5.26. The van der Waals surface area contributed by atoms with Crippen molar-refractivity contribution in [3.63, 3.8) is 0 Å². The maximum atomic E-state index is 5.26. The molecule has 74 valence electrons. The van der Waals surface area contributed by atoms with Gasteiger partial charge in [-0.1, -0.05) is 0 Å². The van der Waals surface area contributed by atoms with Crippen LogP contribution in [0, 0.1) is 3.57 Å². The Morgan fingerprint density at radius 2 is 2.21 bits per heavy atom. The Balaban J connectivity index is 2.76. The summed E-state index contributed by atoms with van der Waals surface area (Å²) in [6.07, 6.45) is 2.10. The summed E-state index contributed by atoms with van der Waals surface area (Å²) in [5, 5.41) is 3.55. The number of ether oxygens (including phenoxy) is 1. The molecule has 0 amide bonds. The Hall–Kier alpha value is 0.0600. The van der Waals surface area contributed by atoms with Crippen LogP contribution in [0.15, 0.2) is 22.4 Å². The molecule has 0 bridgehead atoms. The highest BCUT2D eigenvalue weighted by molar-refractivity contribution is 14.1. The summed E-state index contributed by atoms with van der Waals surface area (Å²) >= 11 is 5.92. The lowest BCUT2D eigenvalue weighted by atomic mass is 10.2. The average Bonchev–Trinajstić information content (AvgIpc) is 2.59. The standard InChI is InChI=1S/C10H9IOS2/c1-12-6-3-8(13-2)10-7(11)5-14-9(10)4-6/h3-5H,1-2H3. The van der Waals surface area contributed by atoms with Gasteiger partial charge in [0.15, 0.2) is 0 Å². The Kier molecular flexibility index (Phi) is 3.23. The molecule has 14 heavy (non-hydrogen) atoms. The van der Waals surface area contributed by atoms with Gasteiger partial charge >= 0.3 is 0 Å². The van der Waals surface area contributed by atoms with Crippen LogP contribution < -0.4 is 4.74 Å². The van der Waals surface area contributed by atoms with Gasteiger partial charge in [-0.25, -0.2) is 0 Å². The molecule has 0 spiro atoms. The highest BCUT2D eigenvalue weighted by Gasteiger charge is 2.08. The van der Waals surface area contributed by atoms with Gasteiger partial charge in [0.25, 0.3) is 0 Å². The molecule has 0 radical (unpaired) electrons. The first-order valence-corrected chi connectivity index (χ1v) is 7.23. The predicted molar refractivity (Wildman–Crippen MR) is 72.9 cm³/mol. The minimum Gasteiger partial charge on any atom is -0.497 e. The van der Waals surface area contributed by atoms with Crippen LogP contribution in [0.5, 0.6) is 5.75 Å². The summed E-state index contributed by atoms with van der Waals surface area (Å²) in [5.74, 6) is 0.945. The zero-order valence-corrected chi connectivity index (χ0v) is 11.6. The lowest BCUT2D eigenvalue weighted by Gasteiger charge is -2.04. The van der Waals surface area contributed by atoms with Crippen molar-refractivity contribution in [3.05, 3.63) is 21.1 Å². The van der Waals surface area contributed by atoms with Crippen molar-refractivity contribution in [2.75, 3.05) is 13.4 Å². The fourth-order valence-corrected chi connectivity index (χ4v) is 4.27. The number of thioether (sulfide) groups is 1. The van der Waals surface area contributed by atoms with Gasteiger partial charge in [0, 0.05) is 23.9 Å². The summed E-state index contributed by atoms with van der Waals surface area (Å²) in [6, 6.07) is 4.20. The van der Waals surface area contributed by atoms with Crippen LogP contribution in [-0.2, 0) is 0 Å². The topological polar surface area (TPSA) is 9.23 Å². The summed E-state index contributed by atoms with van der Waals surface area (Å²) in [4.78, 5) is 1.30. The van der Waals surface area contributed by atoms with Gasteiger partial charge in [-0.2, -0.15) is 0 Å². The number of thiophene rings is 1. The molecule has 2 rings (SSSR count). The molecule has 0 atom stereocenters. The van der Waals surface area contributed by atoms with Crippen LogP contribution in [0.1, 0.15) is 0 Å². The molecule has 0 saturated heterocycles. The van der Waals surface area contributed by atoms with Gasteiger partial charge in [-0.3, -0.25) is 0 Å². The number of halogens is 1. The van der Waals surface area contributed by atoms with Gasteiger partial charge in [0.2, 0.25) is 0 Å². The van der Waals surface area contributed by atoms with E-state index in [-0.39, 0.29) is 0 Å². The average molecular weight is 336 g/mol. The van der Waals surface area contributed by atoms with Crippen molar-refractivity contribution in [2.24, 2.45) is 0 Å². The molecule has 2 aromatic rings. The Morgan fingerprint density at radius 1 is 1.43 bits per heavy atom. The zero-order chi connectivity index (χ0) is 10.1. The molecule has 0 aliphatic heterocycles. The van der Waals surface area contributed by atoms with Gasteiger partial charge in [0.1, 0.15) is 5.75 Å². The second kappa shape index (κ2) is 4.28. The van der Waals surface area contributed by atoms with E-state index < -0.39 is 0 Å². The predicted octanol–water partition coefficient (Wildman–Crippen LogP) is 4.24. The second-order valence-electron chi connectivity index (χ2n) is 2.79. The Labute approximate surface area is 105 Å². The third-order valence-electron chi connectivity index (χ3n) is 2.02. The smallest absolute Gasteiger partial charge is 0.121 e. The number of benzene rings is 1. The molecule has 1 aromatic carbocycles. The normalized spacial score (nSPS) is 10.8. The second-order valence-corrected chi connectivity index (χ2v) is 5.71. The fraction of sp³-hybridized carbons (Fsp3) is 0.200. The SMILES string of the molecule is COc1cc(SC)c2c(I)csc2c1. The molecule has 0 N–H and O–H groups in total. The first-order chi connectivity index (χ1) is 6.76. The lowest BCUT2D eigenvalue weighted by molar-refractivity contribution is 0.414. The molecule has 0 aliphatic carbocycles. The summed E-state index contributed by atoms with van der Waals surface area (Å²) in [5.41, 5.74) is 0. The van der Waals surface area contributed by atoms with E-state index in [9.17, 15) is 0 Å². The molecule has 1 heterocycles. The van der Waals surface area contributed by atoms with Crippen LogP contribution in [0.4, 0.5) is 0 Å². The molecule has 0 fully saturated rings. The summed E-state index contributed by atoms with van der Waals surface area (Å²) in [7, 11) is 1.71. The van der Waals surface area contributed by atoms with Crippen molar-refractivity contribution in [3.8, 4) is 5.75 Å². The first kappa shape index (κ1) is 10.6. The molecule has 1 aromatic heterocycles. The number of hydrogen-bond acceptors (Lipinski definition) is 3. The summed E-state index contributed by atoms with van der Waals surface area (Å²) in [6.45, 7) is 0. The summed E-state index contributed by atoms with van der Waals surface area (Å²) < 4.78 is 7.90. The van der Waals surface area contributed by atoms with Crippen molar-refractivity contribution in [1.29, 1.82) is 0 Å². The van der Waals surface area contributed by atoms with Gasteiger partial charge in [-0.15, -0.1) is 23.1 Å². The van der Waals surface area contributed by atoms with E-state index >= 15 is 0 Å². The monoisotopic (exact) mass is 336 g/mol. The first-order valence-electron chi connectivity index (χ1n) is 4.05. The fourth-order valence-electron chi connectivity index (χ4n) is 1.35. The van der Waals surface area contributed by atoms with Crippen LogP contribution in [0.2, 0.25) is 0 Å². The number of rotatable bonds is 2. The molecule has 0 aliphatic rings. The van der Waals surface area contributed by atoms with Crippen LogP contribution in [0.25, 0.3) is 10.1 Å². The van der Waals surface area contributed by atoms with Gasteiger partial charge in [-0.05, 0) is 41.0 Å². The molecule has 4 heteroatoms. The third-order valence-corrected chi connectivity index (χ3v) is 4.99. The highest BCUT2D eigenvalue weighted by atomic mass is 127. The minimum absolute atomic E-state index is 0.945. The highest BCUT2D eigenvalue weighted by Crippen LogP contribution is 2.37. The third kappa shape index (κ3) is 1.75. The largest absolute Gasteiger partial charge is 0.497 e. The van der Waals surface area contributed by atoms with E-state index in [4.69, 9.17) is 4.74 Å². The Bertz CT molecular complexity index is 464. The quantitative estimate of drug-likeness (QED) is 0.599. The Morgan fingerprint density at radius 3 is 2.86 bits per heavy atom. The van der Waals surface area contributed by atoms with E-state index in [0.717, 1.165) is 5.75 Å². The molecule has 0 saturated carbocycles. The van der Waals surface area contributed by atoms with E-state index in [1.165, 1.54) is 18.6 Å². The molecular formula is C10H9IOS2. The minimum atomic E-state index is 0.945. The van der Waals surface area contributed by atoms with Crippen LogP contribution in [0.3, 0.4) is 0 Å². The van der Waals surface area contributed by atoms with E-state index in [0.29, 0.717) is 0 Å². The van der Waals surface area contributed by atoms with Crippen LogP contribution >= 0.6 is 45.7 Å². The number of methoxy groups -OCH3 is 1.